The van der Waals surface area contributed by atoms with Gasteiger partial charge in [0.25, 0.3) is 0 Å². The summed E-state index contributed by atoms with van der Waals surface area (Å²) in [5.41, 5.74) is 0.935. The van der Waals surface area contributed by atoms with Crippen molar-refractivity contribution in [3.63, 3.8) is 0 Å². The first-order valence-electron chi connectivity index (χ1n) is 8.64. The Balaban J connectivity index is 0.000000314. The lowest BCUT2D eigenvalue weighted by Crippen LogP contribution is -2.06. The van der Waals surface area contributed by atoms with Gasteiger partial charge in [-0.2, -0.15) is 0 Å². The average molecular weight is 355 g/mol. The van der Waals surface area contributed by atoms with E-state index in [0.29, 0.717) is 17.7 Å². The van der Waals surface area contributed by atoms with Crippen molar-refractivity contribution in [3.05, 3.63) is 71.8 Å². The van der Waals surface area contributed by atoms with Crippen LogP contribution in [0.4, 0.5) is 0 Å². The fourth-order valence-electron chi connectivity index (χ4n) is 1.89. The van der Waals surface area contributed by atoms with Crippen molar-refractivity contribution in [1.82, 2.24) is 0 Å². The van der Waals surface area contributed by atoms with Crippen molar-refractivity contribution < 1.29 is 19.4 Å². The van der Waals surface area contributed by atoms with Crippen molar-refractivity contribution in [2.24, 2.45) is 4.99 Å². The van der Waals surface area contributed by atoms with E-state index in [9.17, 15) is 9.59 Å². The zero-order chi connectivity index (χ0) is 19.0. The van der Waals surface area contributed by atoms with Crippen LogP contribution in [0.1, 0.15) is 46.9 Å². The number of aliphatic imine (C=N–C) groups is 1. The summed E-state index contributed by atoms with van der Waals surface area (Å²) in [6.45, 7) is 3.43. The number of carboxylic acid groups (broad SMARTS) is 1. The minimum absolute atomic E-state index is 0.254. The Morgan fingerprint density at radius 2 is 1.58 bits per heavy atom. The van der Waals surface area contributed by atoms with Gasteiger partial charge in [0, 0.05) is 6.54 Å². The van der Waals surface area contributed by atoms with E-state index in [4.69, 9.17) is 9.84 Å². The van der Waals surface area contributed by atoms with E-state index in [1.54, 1.807) is 42.5 Å². The first kappa shape index (κ1) is 21.1. The van der Waals surface area contributed by atoms with Crippen molar-refractivity contribution in [2.45, 2.75) is 26.2 Å². The largest absolute Gasteiger partial charge is 0.478 e. The SMILES string of the molecule is CCCN=CCCCOC(=O)c1ccccc1.O=C(O)c1ccccc1. The zero-order valence-electron chi connectivity index (χ0n) is 15.0. The second kappa shape index (κ2) is 13.4. The number of hydrogen-bond acceptors (Lipinski definition) is 4. The Kier molecular flexibility index (Phi) is 10.8. The fourth-order valence-corrected chi connectivity index (χ4v) is 1.89. The molecule has 5 heteroatoms. The van der Waals surface area contributed by atoms with E-state index in [2.05, 4.69) is 11.9 Å². The van der Waals surface area contributed by atoms with Crippen LogP contribution in [0.15, 0.2) is 65.7 Å². The number of aromatic carboxylic acids is 1. The summed E-state index contributed by atoms with van der Waals surface area (Å²) in [6, 6.07) is 17.3. The maximum atomic E-state index is 11.5. The van der Waals surface area contributed by atoms with Crippen molar-refractivity contribution in [1.29, 1.82) is 0 Å². The number of carboxylic acids is 1. The first-order valence-corrected chi connectivity index (χ1v) is 8.64. The van der Waals surface area contributed by atoms with Gasteiger partial charge in [0.05, 0.1) is 17.7 Å². The molecule has 0 atom stereocenters. The second-order valence-corrected chi connectivity index (χ2v) is 5.40. The summed E-state index contributed by atoms with van der Waals surface area (Å²) in [5.74, 6) is -1.13. The first-order chi connectivity index (χ1) is 12.6. The predicted molar refractivity (Wildman–Crippen MR) is 103 cm³/mol. The van der Waals surface area contributed by atoms with E-state index in [1.807, 2.05) is 24.4 Å². The van der Waals surface area contributed by atoms with Gasteiger partial charge in [-0.1, -0.05) is 43.3 Å². The van der Waals surface area contributed by atoms with E-state index >= 15 is 0 Å². The predicted octanol–water partition coefficient (Wildman–Crippen LogP) is 4.49. The molecule has 0 aliphatic heterocycles. The van der Waals surface area contributed by atoms with Gasteiger partial charge in [-0.3, -0.25) is 4.99 Å². The lowest BCUT2D eigenvalue weighted by molar-refractivity contribution is 0.0502. The normalized spacial score (nSPS) is 10.0. The van der Waals surface area contributed by atoms with Crippen LogP contribution in [0, 0.1) is 0 Å². The number of ether oxygens (including phenoxy) is 1. The molecular formula is C21H25NO4. The molecule has 26 heavy (non-hydrogen) atoms. The van der Waals surface area contributed by atoms with Crippen molar-refractivity contribution in [2.75, 3.05) is 13.2 Å². The van der Waals surface area contributed by atoms with Crippen molar-refractivity contribution >= 4 is 18.2 Å². The minimum atomic E-state index is -0.879. The molecule has 0 saturated heterocycles. The lowest BCUT2D eigenvalue weighted by Gasteiger charge is -2.02. The molecule has 2 rings (SSSR count). The molecule has 0 bridgehead atoms. The number of carbonyl (C=O) groups excluding carboxylic acids is 1. The highest BCUT2D eigenvalue weighted by molar-refractivity contribution is 5.89. The lowest BCUT2D eigenvalue weighted by atomic mass is 10.2. The van der Waals surface area contributed by atoms with Crippen LogP contribution >= 0.6 is 0 Å². The number of esters is 1. The van der Waals surface area contributed by atoms with Crippen LogP contribution in [-0.2, 0) is 4.74 Å². The van der Waals surface area contributed by atoms with Gasteiger partial charge in [0.15, 0.2) is 0 Å². The van der Waals surface area contributed by atoms with E-state index in [1.165, 1.54) is 0 Å². The van der Waals surface area contributed by atoms with Gasteiger partial charge in [-0.05, 0) is 49.7 Å². The topological polar surface area (TPSA) is 76.0 Å². The average Bonchev–Trinajstić information content (AvgIpc) is 2.69. The highest BCUT2D eigenvalue weighted by atomic mass is 16.5. The van der Waals surface area contributed by atoms with Crippen LogP contribution in [0.25, 0.3) is 0 Å². The van der Waals surface area contributed by atoms with Crippen LogP contribution in [0.5, 0.6) is 0 Å². The fraction of sp³-hybridized carbons (Fsp3) is 0.286. The van der Waals surface area contributed by atoms with E-state index in [-0.39, 0.29) is 5.97 Å². The molecule has 138 valence electrons. The quantitative estimate of drug-likeness (QED) is 0.430. The number of unbranched alkanes of at least 4 members (excludes halogenated alkanes) is 1. The summed E-state index contributed by atoms with van der Waals surface area (Å²) in [6.07, 6.45) is 4.66. The molecule has 0 fully saturated rings. The number of benzene rings is 2. The van der Waals surface area contributed by atoms with Gasteiger partial charge in [-0.15, -0.1) is 0 Å². The highest BCUT2D eigenvalue weighted by Crippen LogP contribution is 2.01. The molecular weight excluding hydrogens is 330 g/mol. The maximum absolute atomic E-state index is 11.5. The molecule has 0 aliphatic carbocycles. The van der Waals surface area contributed by atoms with Gasteiger partial charge in [0.1, 0.15) is 0 Å². The minimum Gasteiger partial charge on any atom is -0.478 e. The number of hydrogen-bond donors (Lipinski definition) is 1. The monoisotopic (exact) mass is 355 g/mol. The number of nitrogens with zero attached hydrogens (tertiary/aromatic N) is 1. The number of carbonyl (C=O) groups is 2. The Labute approximate surface area is 154 Å². The van der Waals surface area contributed by atoms with Gasteiger partial charge in [-0.25, -0.2) is 9.59 Å². The van der Waals surface area contributed by atoms with Crippen LogP contribution in [-0.4, -0.2) is 36.4 Å². The summed E-state index contributed by atoms with van der Waals surface area (Å²) >= 11 is 0. The molecule has 0 saturated carbocycles. The standard InChI is InChI=1S/C14H19NO2.C7H6O2/c1-2-10-15-11-6-7-12-17-14(16)13-8-4-3-5-9-13;8-7(9)6-4-2-1-3-5-6/h3-5,8-9,11H,2,6-7,10,12H2,1H3;1-5H,(H,8,9). The van der Waals surface area contributed by atoms with Crippen molar-refractivity contribution in [3.8, 4) is 0 Å². The summed E-state index contributed by atoms with van der Waals surface area (Å²) in [7, 11) is 0. The van der Waals surface area contributed by atoms with Crippen LogP contribution in [0.2, 0.25) is 0 Å². The maximum Gasteiger partial charge on any atom is 0.338 e. The molecule has 0 radical (unpaired) electrons. The molecule has 0 spiro atoms. The summed E-state index contributed by atoms with van der Waals surface area (Å²) in [5, 5.41) is 8.38. The van der Waals surface area contributed by atoms with Crippen LogP contribution in [0.3, 0.4) is 0 Å². The van der Waals surface area contributed by atoms with Gasteiger partial charge in [0.2, 0.25) is 0 Å². The Bertz CT molecular complexity index is 669. The molecule has 1 N–H and O–H groups in total. The third kappa shape index (κ3) is 9.37. The molecule has 0 amide bonds. The molecule has 5 nitrogen and oxygen atoms in total. The van der Waals surface area contributed by atoms with Gasteiger partial charge >= 0.3 is 11.9 Å². The zero-order valence-corrected chi connectivity index (χ0v) is 15.0. The molecule has 0 aliphatic rings. The Hall–Kier alpha value is -2.95. The summed E-state index contributed by atoms with van der Waals surface area (Å²) < 4.78 is 5.13. The van der Waals surface area contributed by atoms with E-state index in [0.717, 1.165) is 25.8 Å². The van der Waals surface area contributed by atoms with Gasteiger partial charge < -0.3 is 9.84 Å². The van der Waals surface area contributed by atoms with E-state index < -0.39 is 5.97 Å². The third-order valence-corrected chi connectivity index (χ3v) is 3.22. The second-order valence-electron chi connectivity index (χ2n) is 5.40. The third-order valence-electron chi connectivity index (χ3n) is 3.22. The highest BCUT2D eigenvalue weighted by Gasteiger charge is 2.04. The van der Waals surface area contributed by atoms with Crippen LogP contribution < -0.4 is 0 Å². The molecule has 0 unspecified atom stereocenters. The molecule has 0 heterocycles. The molecule has 0 aromatic heterocycles. The Morgan fingerprint density at radius 1 is 1.00 bits per heavy atom. The smallest absolute Gasteiger partial charge is 0.338 e. The Morgan fingerprint density at radius 3 is 2.08 bits per heavy atom. The molecule has 2 aromatic rings. The molecule has 2 aromatic carbocycles. The number of rotatable bonds is 8. The summed E-state index contributed by atoms with van der Waals surface area (Å²) in [4.78, 5) is 25.9.